The molecule has 9 heteroatoms. The molecule has 0 amide bonds. The molecule has 1 N–H and O–H groups in total. The van der Waals surface area contributed by atoms with Crippen LogP contribution in [0, 0.1) is 23.7 Å². The lowest BCUT2D eigenvalue weighted by Gasteiger charge is -2.34. The molecule has 6 unspecified atom stereocenters. The number of hydrogen-bond acceptors (Lipinski definition) is 9. The van der Waals surface area contributed by atoms with Gasteiger partial charge in [-0.3, -0.25) is 19.7 Å². The summed E-state index contributed by atoms with van der Waals surface area (Å²) in [5, 5.41) is 3.35. The van der Waals surface area contributed by atoms with E-state index in [4.69, 9.17) is 23.7 Å². The van der Waals surface area contributed by atoms with Crippen molar-refractivity contribution < 1.29 is 38.1 Å². The van der Waals surface area contributed by atoms with Crippen molar-refractivity contribution in [3.8, 4) is 5.75 Å². The van der Waals surface area contributed by atoms with Crippen molar-refractivity contribution in [2.75, 3.05) is 28.4 Å². The predicted molar refractivity (Wildman–Crippen MR) is 101 cm³/mol. The maximum Gasteiger partial charge on any atom is 0.323 e. The average molecular weight is 419 g/mol. The van der Waals surface area contributed by atoms with Crippen LogP contribution in [0.15, 0.2) is 24.3 Å². The van der Waals surface area contributed by atoms with Gasteiger partial charge in [0.15, 0.2) is 0 Å². The fourth-order valence-electron chi connectivity index (χ4n) is 5.41. The van der Waals surface area contributed by atoms with Crippen molar-refractivity contribution in [1.82, 2.24) is 5.32 Å². The minimum atomic E-state index is -0.836. The van der Waals surface area contributed by atoms with Crippen LogP contribution in [-0.4, -0.2) is 64.6 Å². The number of carbonyl (C=O) groups is 3. The van der Waals surface area contributed by atoms with Crippen LogP contribution >= 0.6 is 0 Å². The molecule has 3 aliphatic heterocycles. The Labute approximate surface area is 173 Å². The Morgan fingerprint density at radius 3 is 1.83 bits per heavy atom. The van der Waals surface area contributed by atoms with Crippen LogP contribution in [0.1, 0.15) is 11.6 Å². The number of methoxy groups -OCH3 is 4. The van der Waals surface area contributed by atoms with E-state index in [1.54, 1.807) is 7.11 Å². The summed E-state index contributed by atoms with van der Waals surface area (Å²) in [6, 6.07) is 6.54. The molecule has 3 heterocycles. The van der Waals surface area contributed by atoms with Gasteiger partial charge in [0.2, 0.25) is 0 Å². The quantitative estimate of drug-likeness (QED) is 0.538. The van der Waals surface area contributed by atoms with Crippen LogP contribution in [0.2, 0.25) is 0 Å². The van der Waals surface area contributed by atoms with Gasteiger partial charge in [0, 0.05) is 17.9 Å². The van der Waals surface area contributed by atoms with Crippen molar-refractivity contribution in [2.24, 2.45) is 23.7 Å². The Hall–Kier alpha value is -2.65. The van der Waals surface area contributed by atoms with E-state index in [2.05, 4.69) is 5.32 Å². The molecule has 0 saturated carbocycles. The highest BCUT2D eigenvalue weighted by Gasteiger charge is 2.71. The van der Waals surface area contributed by atoms with Crippen LogP contribution < -0.4 is 10.1 Å². The Balaban J connectivity index is 1.75. The number of carbonyl (C=O) groups excluding carboxylic acids is 3. The maximum atomic E-state index is 12.6. The Morgan fingerprint density at radius 2 is 1.33 bits per heavy atom. The summed E-state index contributed by atoms with van der Waals surface area (Å²) in [7, 11) is 5.46. The second-order valence-corrected chi connectivity index (χ2v) is 7.74. The van der Waals surface area contributed by atoms with E-state index in [-0.39, 0.29) is 17.9 Å². The molecule has 0 spiro atoms. The molecule has 30 heavy (non-hydrogen) atoms. The number of ether oxygens (including phenoxy) is 5. The zero-order valence-corrected chi connectivity index (χ0v) is 17.2. The summed E-state index contributed by atoms with van der Waals surface area (Å²) in [6.07, 6.45) is -1.25. The lowest BCUT2D eigenvalue weighted by molar-refractivity contribution is -0.160. The van der Waals surface area contributed by atoms with Crippen LogP contribution in [-0.2, 0) is 33.3 Å². The summed E-state index contributed by atoms with van der Waals surface area (Å²) >= 11 is 0. The molecule has 3 saturated heterocycles. The van der Waals surface area contributed by atoms with Gasteiger partial charge >= 0.3 is 17.9 Å². The number of esters is 3. The zero-order chi connectivity index (χ0) is 21.6. The highest BCUT2D eigenvalue weighted by molar-refractivity contribution is 5.85. The first-order valence-electron chi connectivity index (χ1n) is 9.75. The molecule has 3 fully saturated rings. The third-order valence-corrected chi connectivity index (χ3v) is 6.62. The van der Waals surface area contributed by atoms with Crippen molar-refractivity contribution >= 4 is 17.9 Å². The maximum absolute atomic E-state index is 12.6. The highest BCUT2D eigenvalue weighted by atomic mass is 16.6. The number of rotatable bonds is 5. The lowest BCUT2D eigenvalue weighted by Crippen LogP contribution is -2.50. The largest absolute Gasteiger partial charge is 0.497 e. The fraction of sp³-hybridized carbons (Fsp3) is 0.571. The number of benzene rings is 1. The van der Waals surface area contributed by atoms with Crippen molar-refractivity contribution in [1.29, 1.82) is 0 Å². The van der Waals surface area contributed by atoms with Crippen LogP contribution in [0.3, 0.4) is 0 Å². The first kappa shape index (κ1) is 20.6. The minimum Gasteiger partial charge on any atom is -0.497 e. The molecule has 1 aromatic rings. The van der Waals surface area contributed by atoms with Gasteiger partial charge in [-0.15, -0.1) is 0 Å². The molecule has 0 radical (unpaired) electrons. The average Bonchev–Trinajstić information content (AvgIpc) is 3.47. The third kappa shape index (κ3) is 2.95. The Kier molecular flexibility index (Phi) is 5.42. The molecular weight excluding hydrogens is 394 g/mol. The van der Waals surface area contributed by atoms with Crippen LogP contribution in [0.5, 0.6) is 5.75 Å². The predicted octanol–water partition coefficient (Wildman–Crippen LogP) is 0.473. The minimum absolute atomic E-state index is 0.225. The van der Waals surface area contributed by atoms with Crippen LogP contribution in [0.4, 0.5) is 0 Å². The van der Waals surface area contributed by atoms with Gasteiger partial charge in [0.05, 0.1) is 52.5 Å². The molecule has 0 aromatic heterocycles. The highest BCUT2D eigenvalue weighted by Crippen LogP contribution is 2.58. The molecule has 4 rings (SSSR count). The van der Waals surface area contributed by atoms with Gasteiger partial charge in [-0.2, -0.15) is 0 Å². The molecule has 2 bridgehead atoms. The monoisotopic (exact) mass is 419 g/mol. The van der Waals surface area contributed by atoms with Gasteiger partial charge in [0.25, 0.3) is 0 Å². The van der Waals surface area contributed by atoms with Crippen molar-refractivity contribution in [3.63, 3.8) is 0 Å². The Morgan fingerprint density at radius 1 is 0.800 bits per heavy atom. The molecule has 0 aliphatic carbocycles. The molecule has 1 aromatic carbocycles. The first-order valence-corrected chi connectivity index (χ1v) is 9.75. The van der Waals surface area contributed by atoms with E-state index in [9.17, 15) is 14.4 Å². The Bertz CT molecular complexity index is 840. The SMILES string of the molecule is COC(=O)C1NC(c2ccc(OC)cc2)C2C1[C@H]1O[C@H]2C(C(=O)OC)C1C(=O)OC. The van der Waals surface area contributed by atoms with Gasteiger partial charge in [-0.1, -0.05) is 12.1 Å². The van der Waals surface area contributed by atoms with E-state index in [1.165, 1.54) is 21.3 Å². The van der Waals surface area contributed by atoms with E-state index >= 15 is 0 Å². The lowest BCUT2D eigenvalue weighted by atomic mass is 9.65. The van der Waals surface area contributed by atoms with Crippen molar-refractivity contribution in [3.05, 3.63) is 29.8 Å². The molecule has 3 aliphatic rings. The van der Waals surface area contributed by atoms with Gasteiger partial charge < -0.3 is 23.7 Å². The van der Waals surface area contributed by atoms with E-state index in [0.717, 1.165) is 5.56 Å². The second-order valence-electron chi connectivity index (χ2n) is 7.74. The zero-order valence-electron chi connectivity index (χ0n) is 17.2. The first-order chi connectivity index (χ1) is 14.5. The summed E-state index contributed by atoms with van der Waals surface area (Å²) in [5.41, 5.74) is 0.923. The fourth-order valence-corrected chi connectivity index (χ4v) is 5.41. The van der Waals surface area contributed by atoms with Gasteiger partial charge in [0.1, 0.15) is 11.8 Å². The summed E-state index contributed by atoms with van der Waals surface area (Å²) in [5.74, 6) is -3.00. The van der Waals surface area contributed by atoms with Crippen LogP contribution in [0.25, 0.3) is 0 Å². The van der Waals surface area contributed by atoms with E-state index in [0.29, 0.717) is 5.75 Å². The molecular formula is C21H25NO8. The molecule has 162 valence electrons. The topological polar surface area (TPSA) is 109 Å². The van der Waals surface area contributed by atoms with E-state index < -0.39 is 48.0 Å². The standard InChI is InChI=1S/C21H25NO8/c1-26-10-7-5-9(6-8-10)15-11-12(16(22-15)21(25)29-4)18-14(20(24)28-3)13(17(11)30-18)19(23)27-2/h5-8,11-18,22H,1-4H3/t11?,12?,13?,14?,15?,16?,17-,18-/m1/s1. The third-order valence-electron chi connectivity index (χ3n) is 6.62. The smallest absolute Gasteiger partial charge is 0.323 e. The normalized spacial score (nSPS) is 36.1. The molecule has 8 atom stereocenters. The number of nitrogens with one attached hydrogen (secondary N) is 1. The second kappa shape index (κ2) is 7.88. The number of hydrogen-bond donors (Lipinski definition) is 1. The van der Waals surface area contributed by atoms with E-state index in [1.807, 2.05) is 24.3 Å². The van der Waals surface area contributed by atoms with Crippen molar-refractivity contribution in [2.45, 2.75) is 24.3 Å². The summed E-state index contributed by atoms with van der Waals surface area (Å²) < 4.78 is 26.3. The van der Waals surface area contributed by atoms with Gasteiger partial charge in [-0.05, 0) is 17.7 Å². The summed E-state index contributed by atoms with van der Waals surface area (Å²) in [6.45, 7) is 0. The van der Waals surface area contributed by atoms with Gasteiger partial charge in [-0.25, -0.2) is 0 Å². The summed E-state index contributed by atoms with van der Waals surface area (Å²) in [4.78, 5) is 37.7. The molecule has 9 nitrogen and oxygen atoms in total. The number of fused-ring (bicyclic) bond motifs is 5.